The number of anilines is 1. The lowest BCUT2D eigenvalue weighted by atomic mass is 10.1. The van der Waals surface area contributed by atoms with Crippen LogP contribution in [-0.2, 0) is 0 Å². The van der Waals surface area contributed by atoms with Crippen molar-refractivity contribution in [3.05, 3.63) is 28.8 Å². The Morgan fingerprint density at radius 3 is 2.75 bits per heavy atom. The van der Waals surface area contributed by atoms with Crippen LogP contribution < -0.4 is 4.90 Å². The smallest absolute Gasteiger partial charge is 0.411 e. The van der Waals surface area contributed by atoms with Gasteiger partial charge in [-0.2, -0.15) is 0 Å². The summed E-state index contributed by atoms with van der Waals surface area (Å²) in [5.41, 5.74) is 1.59. The van der Waals surface area contributed by atoms with Crippen LogP contribution in [0.1, 0.15) is 25.3 Å². The molecule has 0 bridgehead atoms. The molecule has 0 atom stereocenters. The van der Waals surface area contributed by atoms with Gasteiger partial charge in [0.25, 0.3) is 0 Å². The maximum Gasteiger partial charge on any atom is 0.411 e. The zero-order valence-corrected chi connectivity index (χ0v) is 10.3. The van der Waals surface area contributed by atoms with E-state index in [1.807, 2.05) is 19.9 Å². The molecule has 1 aromatic carbocycles. The van der Waals surface area contributed by atoms with Crippen molar-refractivity contribution in [3.8, 4) is 0 Å². The Morgan fingerprint density at radius 1 is 1.50 bits per heavy atom. The number of rotatable bonds is 4. The van der Waals surface area contributed by atoms with Crippen LogP contribution in [-0.4, -0.2) is 17.7 Å². The van der Waals surface area contributed by atoms with Crippen LogP contribution in [0.25, 0.3) is 0 Å². The first-order valence-electron chi connectivity index (χ1n) is 5.33. The van der Waals surface area contributed by atoms with E-state index in [0.717, 1.165) is 18.4 Å². The number of hydrogen-bond acceptors (Lipinski definition) is 1. The van der Waals surface area contributed by atoms with Crippen molar-refractivity contribution in [2.45, 2.75) is 26.7 Å². The van der Waals surface area contributed by atoms with Gasteiger partial charge in [-0.3, -0.25) is 4.90 Å². The predicted octanol–water partition coefficient (Wildman–Crippen LogP) is 3.93. The number of halogens is 1. The van der Waals surface area contributed by atoms with E-state index in [-0.39, 0.29) is 0 Å². The van der Waals surface area contributed by atoms with Gasteiger partial charge in [-0.25, -0.2) is 4.79 Å². The van der Waals surface area contributed by atoms with Gasteiger partial charge in [-0.05, 0) is 31.0 Å². The van der Waals surface area contributed by atoms with Crippen LogP contribution in [0.4, 0.5) is 10.5 Å². The molecular weight excluding hydrogens is 226 g/mol. The number of hydrogen-bond donors (Lipinski definition) is 1. The lowest BCUT2D eigenvalue weighted by Gasteiger charge is -2.21. The Kier molecular flexibility index (Phi) is 4.62. The minimum atomic E-state index is -0.932. The molecule has 3 nitrogen and oxygen atoms in total. The van der Waals surface area contributed by atoms with Gasteiger partial charge in [0.1, 0.15) is 0 Å². The summed E-state index contributed by atoms with van der Waals surface area (Å²) in [4.78, 5) is 12.5. The topological polar surface area (TPSA) is 40.5 Å². The van der Waals surface area contributed by atoms with E-state index < -0.39 is 6.09 Å². The minimum Gasteiger partial charge on any atom is -0.465 e. The highest BCUT2D eigenvalue weighted by Gasteiger charge is 2.15. The Labute approximate surface area is 101 Å². The predicted molar refractivity (Wildman–Crippen MR) is 66.5 cm³/mol. The van der Waals surface area contributed by atoms with Gasteiger partial charge in [0.15, 0.2) is 0 Å². The van der Waals surface area contributed by atoms with Gasteiger partial charge >= 0.3 is 6.09 Å². The fourth-order valence-corrected chi connectivity index (χ4v) is 1.68. The number of unbranched alkanes of at least 4 members (excludes halogenated alkanes) is 1. The van der Waals surface area contributed by atoms with Gasteiger partial charge < -0.3 is 5.11 Å². The van der Waals surface area contributed by atoms with E-state index in [2.05, 4.69) is 0 Å². The molecule has 0 spiro atoms. The average Bonchev–Trinajstić information content (AvgIpc) is 2.23. The molecule has 0 saturated carbocycles. The van der Waals surface area contributed by atoms with E-state index in [9.17, 15) is 4.79 Å². The standard InChI is InChI=1S/C12H16ClNO2/c1-3-4-7-14(12(15)16)11-8-10(13)6-5-9(11)2/h5-6,8H,3-4,7H2,1-2H3,(H,15,16). The lowest BCUT2D eigenvalue weighted by Crippen LogP contribution is -2.30. The molecule has 0 aliphatic heterocycles. The van der Waals surface area contributed by atoms with Crippen molar-refractivity contribution >= 4 is 23.4 Å². The molecular formula is C12H16ClNO2. The first kappa shape index (κ1) is 12.8. The zero-order chi connectivity index (χ0) is 12.1. The van der Waals surface area contributed by atoms with Crippen LogP contribution in [0.2, 0.25) is 5.02 Å². The maximum absolute atomic E-state index is 11.2. The van der Waals surface area contributed by atoms with Crippen LogP contribution in [0.15, 0.2) is 18.2 Å². The summed E-state index contributed by atoms with van der Waals surface area (Å²) in [5, 5.41) is 9.71. The first-order valence-corrected chi connectivity index (χ1v) is 5.70. The third-order valence-electron chi connectivity index (χ3n) is 2.43. The molecule has 0 heterocycles. The monoisotopic (exact) mass is 241 g/mol. The molecule has 88 valence electrons. The number of benzene rings is 1. The van der Waals surface area contributed by atoms with E-state index in [1.54, 1.807) is 12.1 Å². The maximum atomic E-state index is 11.2. The summed E-state index contributed by atoms with van der Waals surface area (Å²) >= 11 is 5.88. The molecule has 16 heavy (non-hydrogen) atoms. The third kappa shape index (κ3) is 3.14. The van der Waals surface area contributed by atoms with Crippen LogP contribution in [0.3, 0.4) is 0 Å². The van der Waals surface area contributed by atoms with Crippen molar-refractivity contribution in [1.82, 2.24) is 0 Å². The van der Waals surface area contributed by atoms with Gasteiger partial charge in [-0.15, -0.1) is 0 Å². The molecule has 0 fully saturated rings. The van der Waals surface area contributed by atoms with E-state index >= 15 is 0 Å². The molecule has 0 radical (unpaired) electrons. The summed E-state index contributed by atoms with van der Waals surface area (Å²) in [6.07, 6.45) is 0.876. The molecule has 1 N–H and O–H groups in total. The first-order chi connectivity index (χ1) is 7.56. The number of carboxylic acid groups (broad SMARTS) is 1. The molecule has 1 rings (SSSR count). The number of carbonyl (C=O) groups is 1. The van der Waals surface area contributed by atoms with E-state index in [4.69, 9.17) is 16.7 Å². The normalized spacial score (nSPS) is 10.2. The molecule has 1 amide bonds. The Morgan fingerprint density at radius 2 is 2.19 bits per heavy atom. The number of amides is 1. The molecule has 0 aliphatic rings. The largest absolute Gasteiger partial charge is 0.465 e. The van der Waals surface area contributed by atoms with Crippen LogP contribution in [0, 0.1) is 6.92 Å². The van der Waals surface area contributed by atoms with E-state index in [1.165, 1.54) is 4.90 Å². The summed E-state index contributed by atoms with van der Waals surface area (Å²) in [6.45, 7) is 4.42. The van der Waals surface area contributed by atoms with Crippen LogP contribution in [0.5, 0.6) is 0 Å². The highest BCUT2D eigenvalue weighted by atomic mass is 35.5. The summed E-state index contributed by atoms with van der Waals surface area (Å²) in [6, 6.07) is 5.29. The Hall–Kier alpha value is -1.22. The van der Waals surface area contributed by atoms with Crippen molar-refractivity contribution in [2.24, 2.45) is 0 Å². The van der Waals surface area contributed by atoms with Crippen molar-refractivity contribution in [3.63, 3.8) is 0 Å². The quantitative estimate of drug-likeness (QED) is 0.868. The van der Waals surface area contributed by atoms with Crippen molar-refractivity contribution < 1.29 is 9.90 Å². The Balaban J connectivity index is 3.00. The van der Waals surface area contributed by atoms with Crippen LogP contribution >= 0.6 is 11.6 Å². The third-order valence-corrected chi connectivity index (χ3v) is 2.66. The summed E-state index contributed by atoms with van der Waals surface area (Å²) < 4.78 is 0. The number of nitrogens with zero attached hydrogens (tertiary/aromatic N) is 1. The molecule has 0 unspecified atom stereocenters. The molecule has 0 aliphatic carbocycles. The number of aryl methyl sites for hydroxylation is 1. The molecule has 4 heteroatoms. The molecule has 1 aromatic rings. The van der Waals surface area contributed by atoms with E-state index in [0.29, 0.717) is 17.3 Å². The Bertz CT molecular complexity index is 379. The fraction of sp³-hybridized carbons (Fsp3) is 0.417. The highest BCUT2D eigenvalue weighted by molar-refractivity contribution is 6.31. The summed E-state index contributed by atoms with van der Waals surface area (Å²) in [5.74, 6) is 0. The van der Waals surface area contributed by atoms with Gasteiger partial charge in [-0.1, -0.05) is 31.0 Å². The van der Waals surface area contributed by atoms with Gasteiger partial charge in [0.2, 0.25) is 0 Å². The lowest BCUT2D eigenvalue weighted by molar-refractivity contribution is 0.201. The second-order valence-electron chi connectivity index (χ2n) is 3.72. The van der Waals surface area contributed by atoms with Crippen molar-refractivity contribution in [2.75, 3.05) is 11.4 Å². The second kappa shape index (κ2) is 5.75. The van der Waals surface area contributed by atoms with Gasteiger partial charge in [0, 0.05) is 11.6 Å². The van der Waals surface area contributed by atoms with Crippen molar-refractivity contribution in [1.29, 1.82) is 0 Å². The van der Waals surface area contributed by atoms with Gasteiger partial charge in [0.05, 0.1) is 5.69 Å². The second-order valence-corrected chi connectivity index (χ2v) is 4.16. The minimum absolute atomic E-state index is 0.507. The fourth-order valence-electron chi connectivity index (χ4n) is 1.51. The summed E-state index contributed by atoms with van der Waals surface area (Å²) in [7, 11) is 0. The SMILES string of the molecule is CCCCN(C(=O)O)c1cc(Cl)ccc1C. The highest BCUT2D eigenvalue weighted by Crippen LogP contribution is 2.24. The molecule has 0 saturated heterocycles. The average molecular weight is 242 g/mol. The molecule has 0 aromatic heterocycles. The zero-order valence-electron chi connectivity index (χ0n) is 9.53.